The molecule has 14 heavy (non-hydrogen) atoms. The smallest absolute Gasteiger partial charge is 0.304 e. The summed E-state index contributed by atoms with van der Waals surface area (Å²) >= 11 is 0. The van der Waals surface area contributed by atoms with Gasteiger partial charge in [-0.25, -0.2) is 0 Å². The highest BCUT2D eigenvalue weighted by Gasteiger charge is 2.25. The molecule has 1 aliphatic carbocycles. The minimum atomic E-state index is -0.791. The van der Waals surface area contributed by atoms with E-state index in [-0.39, 0.29) is 12.3 Å². The summed E-state index contributed by atoms with van der Waals surface area (Å²) in [5.74, 6) is -0.0811. The Morgan fingerprint density at radius 3 is 3.14 bits per heavy atom. The maximum absolute atomic E-state index is 10.5. The molecular weight excluding hydrogens is 182 g/mol. The minimum absolute atomic E-state index is 0.0677. The van der Waals surface area contributed by atoms with Gasteiger partial charge in [0.15, 0.2) is 0 Å². The van der Waals surface area contributed by atoms with Crippen molar-refractivity contribution < 1.29 is 14.4 Å². The van der Waals surface area contributed by atoms with Crippen LogP contribution in [0.1, 0.15) is 42.7 Å². The van der Waals surface area contributed by atoms with Crippen LogP contribution in [0.25, 0.3) is 0 Å². The summed E-state index contributed by atoms with van der Waals surface area (Å²) in [5, 5.41) is 12.6. The average Bonchev–Trinajstić information content (AvgIpc) is 2.59. The van der Waals surface area contributed by atoms with E-state index in [0.717, 1.165) is 36.3 Å². The molecule has 76 valence electrons. The fourth-order valence-electron chi connectivity index (χ4n) is 2.00. The van der Waals surface area contributed by atoms with Gasteiger partial charge in [-0.15, -0.1) is 0 Å². The second-order valence-corrected chi connectivity index (χ2v) is 3.82. The minimum Gasteiger partial charge on any atom is -0.481 e. The quantitative estimate of drug-likeness (QED) is 0.797. The number of carboxylic acid groups (broad SMARTS) is 1. The zero-order valence-electron chi connectivity index (χ0n) is 8.12. The molecule has 4 nitrogen and oxygen atoms in total. The number of aromatic nitrogens is 1. The van der Waals surface area contributed by atoms with Gasteiger partial charge >= 0.3 is 5.97 Å². The van der Waals surface area contributed by atoms with Crippen molar-refractivity contribution in [1.82, 2.24) is 5.16 Å². The van der Waals surface area contributed by atoms with Crippen molar-refractivity contribution in [3.05, 3.63) is 17.0 Å². The Morgan fingerprint density at radius 2 is 2.43 bits per heavy atom. The van der Waals surface area contributed by atoms with Crippen molar-refractivity contribution in [3.63, 3.8) is 0 Å². The molecular formula is C10H13NO3. The standard InChI is InChI=1S/C10H13NO3/c1-6(5-9(12)13)10-7-3-2-4-8(7)11-14-10/h6H,2-5H2,1H3,(H,12,13). The van der Waals surface area contributed by atoms with Crippen LogP contribution in [0.4, 0.5) is 0 Å². The lowest BCUT2D eigenvalue weighted by molar-refractivity contribution is -0.137. The normalized spacial score (nSPS) is 16.6. The third-order valence-corrected chi connectivity index (χ3v) is 2.67. The lowest BCUT2D eigenvalue weighted by Gasteiger charge is -2.05. The first-order valence-corrected chi connectivity index (χ1v) is 4.87. The first-order valence-electron chi connectivity index (χ1n) is 4.87. The fourth-order valence-corrected chi connectivity index (χ4v) is 2.00. The largest absolute Gasteiger partial charge is 0.481 e. The highest BCUT2D eigenvalue weighted by Crippen LogP contribution is 2.31. The summed E-state index contributed by atoms with van der Waals surface area (Å²) in [7, 11) is 0. The molecule has 1 N–H and O–H groups in total. The van der Waals surface area contributed by atoms with Crippen LogP contribution in [0.2, 0.25) is 0 Å². The number of hydrogen-bond acceptors (Lipinski definition) is 3. The van der Waals surface area contributed by atoms with Gasteiger partial charge in [-0.05, 0) is 19.3 Å². The van der Waals surface area contributed by atoms with Gasteiger partial charge in [0.25, 0.3) is 0 Å². The highest BCUT2D eigenvalue weighted by atomic mass is 16.5. The lowest BCUT2D eigenvalue weighted by Crippen LogP contribution is -2.03. The van der Waals surface area contributed by atoms with E-state index in [1.165, 1.54) is 0 Å². The molecule has 0 amide bonds. The Bertz CT molecular complexity index is 356. The molecule has 1 atom stereocenters. The molecule has 0 aliphatic heterocycles. The van der Waals surface area contributed by atoms with Gasteiger partial charge in [0.1, 0.15) is 5.76 Å². The summed E-state index contributed by atoms with van der Waals surface area (Å²) in [6.45, 7) is 1.87. The summed E-state index contributed by atoms with van der Waals surface area (Å²) in [5.41, 5.74) is 2.18. The third kappa shape index (κ3) is 1.52. The Kier molecular flexibility index (Phi) is 2.27. The predicted molar refractivity (Wildman–Crippen MR) is 49.2 cm³/mol. The zero-order valence-corrected chi connectivity index (χ0v) is 8.12. The molecule has 1 heterocycles. The molecule has 0 spiro atoms. The van der Waals surface area contributed by atoms with E-state index >= 15 is 0 Å². The van der Waals surface area contributed by atoms with Crippen LogP contribution in [0, 0.1) is 0 Å². The number of nitrogens with zero attached hydrogens (tertiary/aromatic N) is 1. The van der Waals surface area contributed by atoms with Crippen molar-refractivity contribution in [2.75, 3.05) is 0 Å². The number of aliphatic carboxylic acids is 1. The fraction of sp³-hybridized carbons (Fsp3) is 0.600. The number of aryl methyl sites for hydroxylation is 1. The molecule has 1 unspecified atom stereocenters. The van der Waals surface area contributed by atoms with Crippen molar-refractivity contribution in [2.45, 2.75) is 38.5 Å². The summed E-state index contributed by atoms with van der Waals surface area (Å²) in [4.78, 5) is 10.5. The van der Waals surface area contributed by atoms with Crippen LogP contribution in [0.15, 0.2) is 4.52 Å². The Balaban J connectivity index is 2.19. The van der Waals surface area contributed by atoms with Crippen LogP contribution in [-0.4, -0.2) is 16.2 Å². The number of carboxylic acids is 1. The second kappa shape index (κ2) is 3.44. The lowest BCUT2D eigenvalue weighted by atomic mass is 10.0. The van der Waals surface area contributed by atoms with Gasteiger partial charge in [0, 0.05) is 11.5 Å². The first-order chi connectivity index (χ1) is 6.68. The van der Waals surface area contributed by atoms with Crippen LogP contribution in [-0.2, 0) is 17.6 Å². The van der Waals surface area contributed by atoms with Crippen molar-refractivity contribution >= 4 is 5.97 Å². The molecule has 0 saturated heterocycles. The molecule has 0 radical (unpaired) electrons. The summed E-state index contributed by atoms with van der Waals surface area (Å²) < 4.78 is 5.19. The van der Waals surface area contributed by atoms with E-state index < -0.39 is 5.97 Å². The zero-order chi connectivity index (χ0) is 10.1. The van der Waals surface area contributed by atoms with E-state index in [4.69, 9.17) is 9.63 Å². The number of rotatable bonds is 3. The Hall–Kier alpha value is -1.32. The van der Waals surface area contributed by atoms with Crippen molar-refractivity contribution in [2.24, 2.45) is 0 Å². The second-order valence-electron chi connectivity index (χ2n) is 3.82. The summed E-state index contributed by atoms with van der Waals surface area (Å²) in [6.07, 6.45) is 3.18. The van der Waals surface area contributed by atoms with E-state index in [0.29, 0.717) is 0 Å². The maximum atomic E-state index is 10.5. The van der Waals surface area contributed by atoms with Crippen LogP contribution in [0.5, 0.6) is 0 Å². The van der Waals surface area contributed by atoms with E-state index in [2.05, 4.69) is 5.16 Å². The molecule has 1 aliphatic rings. The van der Waals surface area contributed by atoms with Gasteiger partial charge in [-0.3, -0.25) is 4.79 Å². The monoisotopic (exact) mass is 195 g/mol. The van der Waals surface area contributed by atoms with Crippen molar-refractivity contribution in [3.8, 4) is 0 Å². The highest BCUT2D eigenvalue weighted by molar-refractivity contribution is 5.67. The molecule has 4 heteroatoms. The van der Waals surface area contributed by atoms with E-state index in [1.54, 1.807) is 0 Å². The number of carbonyl (C=O) groups is 1. The Morgan fingerprint density at radius 1 is 1.64 bits per heavy atom. The predicted octanol–water partition coefficient (Wildman–Crippen LogP) is 1.74. The van der Waals surface area contributed by atoms with Crippen LogP contribution < -0.4 is 0 Å². The SMILES string of the molecule is CC(CC(=O)O)c1onc2c1CCC2. The Labute approximate surface area is 81.9 Å². The van der Waals surface area contributed by atoms with Gasteiger partial charge in [-0.1, -0.05) is 12.1 Å². The van der Waals surface area contributed by atoms with Crippen LogP contribution >= 0.6 is 0 Å². The topological polar surface area (TPSA) is 63.3 Å². The first kappa shape index (κ1) is 9.24. The number of fused-ring (bicyclic) bond motifs is 1. The van der Waals surface area contributed by atoms with Gasteiger partial charge in [-0.2, -0.15) is 0 Å². The molecule has 1 aromatic heterocycles. The number of hydrogen-bond donors (Lipinski definition) is 1. The molecule has 0 bridgehead atoms. The average molecular weight is 195 g/mol. The third-order valence-electron chi connectivity index (χ3n) is 2.67. The summed E-state index contributed by atoms with van der Waals surface area (Å²) in [6, 6.07) is 0. The van der Waals surface area contributed by atoms with Gasteiger partial charge in [0.2, 0.25) is 0 Å². The van der Waals surface area contributed by atoms with Gasteiger partial charge < -0.3 is 9.63 Å². The van der Waals surface area contributed by atoms with Crippen LogP contribution in [0.3, 0.4) is 0 Å². The molecule has 0 fully saturated rings. The van der Waals surface area contributed by atoms with E-state index in [1.807, 2.05) is 6.92 Å². The molecule has 1 aromatic rings. The molecule has 0 saturated carbocycles. The van der Waals surface area contributed by atoms with E-state index in [9.17, 15) is 4.79 Å². The molecule has 0 aromatic carbocycles. The molecule has 2 rings (SSSR count). The maximum Gasteiger partial charge on any atom is 0.304 e. The van der Waals surface area contributed by atoms with Crippen molar-refractivity contribution in [1.29, 1.82) is 0 Å². The van der Waals surface area contributed by atoms with Gasteiger partial charge in [0.05, 0.1) is 12.1 Å².